The van der Waals surface area contributed by atoms with Gasteiger partial charge in [0.05, 0.1) is 11.4 Å². The number of nitrogens with two attached hydrogens (primary N) is 1. The van der Waals surface area contributed by atoms with Gasteiger partial charge in [-0.3, -0.25) is 4.79 Å². The highest BCUT2D eigenvalue weighted by Crippen LogP contribution is 2.29. The number of amides is 1. The van der Waals surface area contributed by atoms with Gasteiger partial charge in [-0.15, -0.1) is 0 Å². The van der Waals surface area contributed by atoms with Crippen LogP contribution >= 0.6 is 0 Å². The SMILES string of the molecule is Nc1cccc(C(=O)Nc2ccccc2N2CCCC2)c1. The summed E-state index contributed by atoms with van der Waals surface area (Å²) in [5.74, 6) is -0.131. The number of hydrogen-bond acceptors (Lipinski definition) is 3. The molecule has 1 amide bonds. The number of rotatable bonds is 3. The molecule has 2 aromatic rings. The number of nitrogen functional groups attached to an aromatic ring is 1. The van der Waals surface area contributed by atoms with Crippen molar-refractivity contribution in [3.8, 4) is 0 Å². The quantitative estimate of drug-likeness (QED) is 0.850. The lowest BCUT2D eigenvalue weighted by atomic mass is 10.1. The molecule has 0 unspecified atom stereocenters. The Hall–Kier alpha value is -2.49. The number of carbonyl (C=O) groups excluding carboxylic acids is 1. The first-order valence-electron chi connectivity index (χ1n) is 7.25. The van der Waals surface area contributed by atoms with Crippen LogP contribution < -0.4 is 16.0 Å². The molecule has 0 aliphatic carbocycles. The van der Waals surface area contributed by atoms with Crippen LogP contribution in [0.25, 0.3) is 0 Å². The van der Waals surface area contributed by atoms with Crippen molar-refractivity contribution < 1.29 is 4.79 Å². The molecule has 2 aromatic carbocycles. The summed E-state index contributed by atoms with van der Waals surface area (Å²) in [4.78, 5) is 14.7. The van der Waals surface area contributed by atoms with Gasteiger partial charge in [0.25, 0.3) is 5.91 Å². The molecule has 21 heavy (non-hydrogen) atoms. The zero-order chi connectivity index (χ0) is 14.7. The lowest BCUT2D eigenvalue weighted by Crippen LogP contribution is -2.21. The number of nitrogens with zero attached hydrogens (tertiary/aromatic N) is 1. The Morgan fingerprint density at radius 2 is 1.81 bits per heavy atom. The van der Waals surface area contributed by atoms with Gasteiger partial charge < -0.3 is 16.0 Å². The molecule has 108 valence electrons. The van der Waals surface area contributed by atoms with Crippen molar-refractivity contribution in [2.45, 2.75) is 12.8 Å². The topological polar surface area (TPSA) is 58.4 Å². The number of nitrogens with one attached hydrogen (secondary N) is 1. The maximum atomic E-state index is 12.3. The first-order chi connectivity index (χ1) is 10.2. The van der Waals surface area contributed by atoms with Crippen LogP contribution in [-0.2, 0) is 0 Å². The molecular weight excluding hydrogens is 262 g/mol. The predicted octanol–water partition coefficient (Wildman–Crippen LogP) is 3.12. The smallest absolute Gasteiger partial charge is 0.255 e. The Labute approximate surface area is 124 Å². The molecule has 0 saturated carbocycles. The predicted molar refractivity (Wildman–Crippen MR) is 86.7 cm³/mol. The van der Waals surface area contributed by atoms with Gasteiger partial charge in [0.15, 0.2) is 0 Å². The van der Waals surface area contributed by atoms with Gasteiger partial charge in [-0.1, -0.05) is 18.2 Å². The molecular formula is C17H19N3O. The summed E-state index contributed by atoms with van der Waals surface area (Å²) in [7, 11) is 0. The van der Waals surface area contributed by atoms with Crippen LogP contribution in [0.5, 0.6) is 0 Å². The maximum absolute atomic E-state index is 12.3. The van der Waals surface area contributed by atoms with Crippen LogP contribution in [-0.4, -0.2) is 19.0 Å². The third-order valence-electron chi connectivity index (χ3n) is 3.75. The summed E-state index contributed by atoms with van der Waals surface area (Å²) in [5.41, 5.74) is 8.84. The highest BCUT2D eigenvalue weighted by molar-refractivity contribution is 6.06. The van der Waals surface area contributed by atoms with Crippen molar-refractivity contribution in [1.29, 1.82) is 0 Å². The number of hydrogen-bond donors (Lipinski definition) is 2. The zero-order valence-electron chi connectivity index (χ0n) is 11.9. The molecule has 0 atom stereocenters. The molecule has 4 heteroatoms. The Balaban J connectivity index is 1.83. The second-order valence-corrected chi connectivity index (χ2v) is 5.29. The van der Waals surface area contributed by atoms with Gasteiger partial charge in [0, 0.05) is 24.3 Å². The summed E-state index contributed by atoms with van der Waals surface area (Å²) < 4.78 is 0. The Kier molecular flexibility index (Phi) is 3.77. The van der Waals surface area contributed by atoms with Crippen molar-refractivity contribution in [2.75, 3.05) is 29.0 Å². The summed E-state index contributed by atoms with van der Waals surface area (Å²) in [5, 5.41) is 2.99. The second-order valence-electron chi connectivity index (χ2n) is 5.29. The van der Waals surface area contributed by atoms with E-state index in [0.717, 1.165) is 24.5 Å². The summed E-state index contributed by atoms with van der Waals surface area (Å²) in [6, 6.07) is 15.0. The van der Waals surface area contributed by atoms with E-state index in [1.165, 1.54) is 12.8 Å². The van der Waals surface area contributed by atoms with E-state index in [9.17, 15) is 4.79 Å². The number of para-hydroxylation sites is 2. The molecule has 1 aliphatic rings. The average Bonchev–Trinajstić information content (AvgIpc) is 3.02. The maximum Gasteiger partial charge on any atom is 0.255 e. The van der Waals surface area contributed by atoms with Crippen LogP contribution in [0, 0.1) is 0 Å². The molecule has 1 heterocycles. The van der Waals surface area contributed by atoms with E-state index in [1.807, 2.05) is 18.2 Å². The molecule has 0 aromatic heterocycles. The van der Waals surface area contributed by atoms with Gasteiger partial charge in [-0.05, 0) is 43.2 Å². The minimum atomic E-state index is -0.131. The molecule has 0 spiro atoms. The minimum Gasteiger partial charge on any atom is -0.399 e. The average molecular weight is 281 g/mol. The van der Waals surface area contributed by atoms with E-state index in [4.69, 9.17) is 5.73 Å². The minimum absolute atomic E-state index is 0.131. The van der Waals surface area contributed by atoms with Gasteiger partial charge >= 0.3 is 0 Å². The molecule has 0 bridgehead atoms. The van der Waals surface area contributed by atoms with Gasteiger partial charge in [-0.2, -0.15) is 0 Å². The summed E-state index contributed by atoms with van der Waals surface area (Å²) in [6.45, 7) is 2.09. The normalized spacial score (nSPS) is 14.2. The van der Waals surface area contributed by atoms with Crippen LogP contribution in [0.4, 0.5) is 17.1 Å². The van der Waals surface area contributed by atoms with E-state index < -0.39 is 0 Å². The fourth-order valence-corrected chi connectivity index (χ4v) is 2.69. The third kappa shape index (κ3) is 2.99. The fraction of sp³-hybridized carbons (Fsp3) is 0.235. The highest BCUT2D eigenvalue weighted by Gasteiger charge is 2.16. The van der Waals surface area contributed by atoms with Crippen molar-refractivity contribution in [2.24, 2.45) is 0 Å². The first kappa shape index (κ1) is 13.5. The van der Waals surface area contributed by atoms with Gasteiger partial charge in [0.1, 0.15) is 0 Å². The van der Waals surface area contributed by atoms with Crippen molar-refractivity contribution in [3.05, 3.63) is 54.1 Å². The van der Waals surface area contributed by atoms with E-state index in [0.29, 0.717) is 11.3 Å². The van der Waals surface area contributed by atoms with Crippen molar-refractivity contribution in [3.63, 3.8) is 0 Å². The van der Waals surface area contributed by atoms with Crippen LogP contribution in [0.2, 0.25) is 0 Å². The highest BCUT2D eigenvalue weighted by atomic mass is 16.1. The molecule has 3 N–H and O–H groups in total. The van der Waals surface area contributed by atoms with Crippen LogP contribution in [0.3, 0.4) is 0 Å². The third-order valence-corrected chi connectivity index (χ3v) is 3.75. The molecule has 3 rings (SSSR count). The van der Waals surface area contributed by atoms with E-state index in [2.05, 4.69) is 16.3 Å². The molecule has 1 aliphatic heterocycles. The number of benzene rings is 2. The van der Waals surface area contributed by atoms with Crippen molar-refractivity contribution >= 4 is 23.0 Å². The molecule has 1 fully saturated rings. The van der Waals surface area contributed by atoms with E-state index in [-0.39, 0.29) is 5.91 Å². The van der Waals surface area contributed by atoms with Gasteiger partial charge in [-0.25, -0.2) is 0 Å². The molecule has 4 nitrogen and oxygen atoms in total. The van der Waals surface area contributed by atoms with E-state index in [1.54, 1.807) is 24.3 Å². The summed E-state index contributed by atoms with van der Waals surface area (Å²) in [6.07, 6.45) is 2.41. The van der Waals surface area contributed by atoms with Crippen LogP contribution in [0.1, 0.15) is 23.2 Å². The van der Waals surface area contributed by atoms with Crippen molar-refractivity contribution in [1.82, 2.24) is 0 Å². The fourth-order valence-electron chi connectivity index (χ4n) is 2.69. The Bertz CT molecular complexity index is 648. The molecule has 0 radical (unpaired) electrons. The molecule has 1 saturated heterocycles. The first-order valence-corrected chi connectivity index (χ1v) is 7.25. The lowest BCUT2D eigenvalue weighted by Gasteiger charge is -2.21. The zero-order valence-corrected chi connectivity index (χ0v) is 11.9. The second kappa shape index (κ2) is 5.87. The summed E-state index contributed by atoms with van der Waals surface area (Å²) >= 11 is 0. The number of carbonyl (C=O) groups is 1. The Morgan fingerprint density at radius 1 is 1.05 bits per heavy atom. The van der Waals surface area contributed by atoms with E-state index >= 15 is 0 Å². The monoisotopic (exact) mass is 281 g/mol. The standard InChI is InChI=1S/C17H19N3O/c18-14-7-5-6-13(12-14)17(21)19-15-8-1-2-9-16(15)20-10-3-4-11-20/h1-2,5-9,12H,3-4,10-11,18H2,(H,19,21). The van der Waals surface area contributed by atoms with Gasteiger partial charge in [0.2, 0.25) is 0 Å². The number of anilines is 3. The lowest BCUT2D eigenvalue weighted by molar-refractivity contribution is 0.102. The Morgan fingerprint density at radius 3 is 2.57 bits per heavy atom. The van der Waals surface area contributed by atoms with Crippen LogP contribution in [0.15, 0.2) is 48.5 Å². The largest absolute Gasteiger partial charge is 0.399 e.